The normalized spacial score (nSPS) is 13.8. The van der Waals surface area contributed by atoms with Crippen LogP contribution in [0.25, 0.3) is 0 Å². The second-order valence-corrected chi connectivity index (χ2v) is 9.46. The van der Waals surface area contributed by atoms with Gasteiger partial charge in [-0.3, -0.25) is 14.6 Å². The number of hydrogen-bond acceptors (Lipinski definition) is 5. The van der Waals surface area contributed by atoms with Crippen molar-refractivity contribution >= 4 is 18.0 Å². The summed E-state index contributed by atoms with van der Waals surface area (Å²) < 4.78 is 0. The summed E-state index contributed by atoms with van der Waals surface area (Å²) in [6, 6.07) is 24.5. The number of anilines is 1. The highest BCUT2D eigenvalue weighted by atomic mass is 16.3. The highest BCUT2D eigenvalue weighted by Gasteiger charge is 2.25. The largest absolute Gasteiger partial charge is 0.390 e. The Hall–Kier alpha value is -3.99. The van der Waals surface area contributed by atoms with E-state index < -0.39 is 6.10 Å². The van der Waals surface area contributed by atoms with E-state index in [4.69, 9.17) is 0 Å². The van der Waals surface area contributed by atoms with E-state index in [-0.39, 0.29) is 12.6 Å². The zero-order valence-corrected chi connectivity index (χ0v) is 21.1. The van der Waals surface area contributed by atoms with Gasteiger partial charge in [0.1, 0.15) is 0 Å². The molecule has 7 nitrogen and oxygen atoms in total. The summed E-state index contributed by atoms with van der Waals surface area (Å²) in [6.07, 6.45) is 1.49. The number of nitriles is 1. The summed E-state index contributed by atoms with van der Waals surface area (Å²) in [7, 11) is 1.67. The molecule has 0 aromatic heterocycles. The molecular formula is C30H32N4O3. The molecule has 0 aliphatic carbocycles. The molecular weight excluding hydrogens is 464 g/mol. The number of nitrogens with zero attached hydrogens (tertiary/aromatic N) is 4. The average molecular weight is 497 g/mol. The van der Waals surface area contributed by atoms with Crippen LogP contribution in [0.3, 0.4) is 0 Å². The van der Waals surface area contributed by atoms with Gasteiger partial charge in [0, 0.05) is 45.3 Å². The molecule has 1 unspecified atom stereocenters. The highest BCUT2D eigenvalue weighted by Crippen LogP contribution is 2.22. The lowest BCUT2D eigenvalue weighted by Crippen LogP contribution is -2.47. The fourth-order valence-electron chi connectivity index (χ4n) is 4.86. The van der Waals surface area contributed by atoms with E-state index in [0.29, 0.717) is 36.3 Å². The van der Waals surface area contributed by atoms with Crippen molar-refractivity contribution in [2.24, 2.45) is 0 Å². The lowest BCUT2D eigenvalue weighted by Gasteiger charge is -2.33. The number of aldehydes is 1. The second kappa shape index (κ2) is 12.3. The summed E-state index contributed by atoms with van der Waals surface area (Å²) in [6.45, 7) is 2.61. The molecule has 1 N–H and O–H groups in total. The Morgan fingerprint density at radius 2 is 1.86 bits per heavy atom. The predicted molar refractivity (Wildman–Crippen MR) is 143 cm³/mol. The third kappa shape index (κ3) is 6.62. The molecule has 0 bridgehead atoms. The Bertz CT molecular complexity index is 1290. The van der Waals surface area contributed by atoms with E-state index in [1.807, 2.05) is 18.2 Å². The summed E-state index contributed by atoms with van der Waals surface area (Å²) in [5.74, 6) is 0. The lowest BCUT2D eigenvalue weighted by atomic mass is 10.00. The molecule has 190 valence electrons. The van der Waals surface area contributed by atoms with E-state index in [9.17, 15) is 20.0 Å². The van der Waals surface area contributed by atoms with Crippen molar-refractivity contribution in [3.05, 3.63) is 101 Å². The van der Waals surface area contributed by atoms with E-state index in [0.717, 1.165) is 31.4 Å². The number of urea groups is 1. The molecule has 37 heavy (non-hydrogen) atoms. The summed E-state index contributed by atoms with van der Waals surface area (Å²) in [5.41, 5.74) is 5.06. The van der Waals surface area contributed by atoms with Crippen molar-refractivity contribution in [1.29, 1.82) is 5.26 Å². The van der Waals surface area contributed by atoms with E-state index in [2.05, 4.69) is 29.2 Å². The smallest absolute Gasteiger partial charge is 0.324 e. The van der Waals surface area contributed by atoms with E-state index in [1.165, 1.54) is 16.0 Å². The molecule has 0 fully saturated rings. The topological polar surface area (TPSA) is 87.9 Å². The number of rotatable bonds is 9. The molecule has 0 radical (unpaired) electrons. The minimum absolute atomic E-state index is 0.167. The molecule has 1 aliphatic heterocycles. The minimum Gasteiger partial charge on any atom is -0.390 e. The van der Waals surface area contributed by atoms with Crippen molar-refractivity contribution in [2.45, 2.75) is 25.5 Å². The van der Waals surface area contributed by atoms with Gasteiger partial charge < -0.3 is 10.0 Å². The van der Waals surface area contributed by atoms with Crippen LogP contribution >= 0.6 is 0 Å². The molecule has 0 saturated heterocycles. The Morgan fingerprint density at radius 1 is 1.11 bits per heavy atom. The molecule has 4 rings (SSSR count). The zero-order chi connectivity index (χ0) is 26.2. The number of amides is 2. The van der Waals surface area contributed by atoms with Crippen molar-refractivity contribution in [1.82, 2.24) is 9.80 Å². The third-order valence-corrected chi connectivity index (χ3v) is 6.76. The number of aliphatic hydroxyl groups excluding tert-OH is 1. The van der Waals surface area contributed by atoms with Gasteiger partial charge in [0.05, 0.1) is 23.4 Å². The molecule has 3 aromatic rings. The lowest BCUT2D eigenvalue weighted by molar-refractivity contribution is 0.0839. The Balaban J connectivity index is 1.44. The van der Waals surface area contributed by atoms with Crippen LogP contribution in [0.1, 0.15) is 32.6 Å². The van der Waals surface area contributed by atoms with Crippen LogP contribution in [0, 0.1) is 11.3 Å². The Morgan fingerprint density at radius 3 is 2.65 bits per heavy atom. The standard InChI is InChI=1S/C30H32N4O3/c1-32(20-28(36)21-33-15-14-25-9-2-3-10-26(25)19-33)30(37)34(29-12-5-4-11-27(29)22-35)16-13-23-7-6-8-24(17-23)18-31/h2-12,17,22,28,36H,13-16,19-21H2,1H3. The first kappa shape index (κ1) is 26.1. The molecule has 1 atom stereocenters. The van der Waals surface area contributed by atoms with Crippen LogP contribution in [-0.4, -0.2) is 66.6 Å². The average Bonchev–Trinajstić information content (AvgIpc) is 2.93. The van der Waals surface area contributed by atoms with Crippen LogP contribution in [-0.2, 0) is 19.4 Å². The number of carbonyl (C=O) groups excluding carboxylic acids is 2. The van der Waals surface area contributed by atoms with Gasteiger partial charge in [-0.05, 0) is 53.8 Å². The first-order valence-electron chi connectivity index (χ1n) is 12.5. The second-order valence-electron chi connectivity index (χ2n) is 9.46. The molecule has 1 aliphatic rings. The number of benzene rings is 3. The van der Waals surface area contributed by atoms with Gasteiger partial charge in [0.2, 0.25) is 0 Å². The van der Waals surface area contributed by atoms with Crippen LogP contribution in [0.4, 0.5) is 10.5 Å². The summed E-state index contributed by atoms with van der Waals surface area (Å²) in [5, 5.41) is 20.1. The van der Waals surface area contributed by atoms with E-state index >= 15 is 0 Å². The number of carbonyl (C=O) groups is 2. The molecule has 2 amide bonds. The van der Waals surface area contributed by atoms with Gasteiger partial charge in [0.25, 0.3) is 0 Å². The first-order valence-corrected chi connectivity index (χ1v) is 12.5. The summed E-state index contributed by atoms with van der Waals surface area (Å²) >= 11 is 0. The number of likely N-dealkylation sites (N-methyl/N-ethyl adjacent to an activating group) is 1. The molecule has 1 heterocycles. The number of para-hydroxylation sites is 1. The Labute approximate surface area is 218 Å². The first-order chi connectivity index (χ1) is 18.0. The van der Waals surface area contributed by atoms with Crippen molar-refractivity contribution < 1.29 is 14.7 Å². The maximum atomic E-state index is 13.6. The summed E-state index contributed by atoms with van der Waals surface area (Å²) in [4.78, 5) is 30.6. The van der Waals surface area contributed by atoms with Gasteiger partial charge in [-0.15, -0.1) is 0 Å². The van der Waals surface area contributed by atoms with Gasteiger partial charge in [-0.2, -0.15) is 5.26 Å². The van der Waals surface area contributed by atoms with Crippen LogP contribution in [0.15, 0.2) is 72.8 Å². The van der Waals surface area contributed by atoms with Gasteiger partial charge in [-0.25, -0.2) is 4.79 Å². The van der Waals surface area contributed by atoms with Gasteiger partial charge >= 0.3 is 6.03 Å². The fraction of sp³-hybridized carbons (Fsp3) is 0.300. The number of aliphatic hydroxyl groups is 1. The van der Waals surface area contributed by atoms with Crippen molar-refractivity contribution in [3.8, 4) is 6.07 Å². The maximum Gasteiger partial charge on any atom is 0.324 e. The van der Waals surface area contributed by atoms with Crippen molar-refractivity contribution in [3.63, 3.8) is 0 Å². The third-order valence-electron chi connectivity index (χ3n) is 6.76. The molecule has 0 spiro atoms. The van der Waals surface area contributed by atoms with Crippen LogP contribution in [0.5, 0.6) is 0 Å². The molecule has 0 saturated carbocycles. The molecule has 7 heteroatoms. The molecule has 3 aromatic carbocycles. The maximum absolute atomic E-state index is 13.6. The van der Waals surface area contributed by atoms with Crippen LogP contribution < -0.4 is 4.90 Å². The zero-order valence-electron chi connectivity index (χ0n) is 21.1. The fourth-order valence-corrected chi connectivity index (χ4v) is 4.86. The number of β-amino-alcohol motifs (C(OH)–C–C–N with tert-alkyl or cyclic N) is 1. The quantitative estimate of drug-likeness (QED) is 0.454. The SMILES string of the molecule is CN(CC(O)CN1CCc2ccccc2C1)C(=O)N(CCc1cccc(C#N)c1)c1ccccc1C=O. The van der Waals surface area contributed by atoms with Crippen molar-refractivity contribution in [2.75, 3.05) is 38.1 Å². The Kier molecular flexibility index (Phi) is 8.68. The predicted octanol–water partition coefficient (Wildman–Crippen LogP) is 3.89. The number of fused-ring (bicyclic) bond motifs is 1. The van der Waals surface area contributed by atoms with Crippen LogP contribution in [0.2, 0.25) is 0 Å². The number of hydrogen-bond donors (Lipinski definition) is 1. The van der Waals surface area contributed by atoms with Gasteiger partial charge in [-0.1, -0.05) is 48.5 Å². The minimum atomic E-state index is -0.713. The monoisotopic (exact) mass is 496 g/mol. The van der Waals surface area contributed by atoms with E-state index in [1.54, 1.807) is 48.3 Å². The van der Waals surface area contributed by atoms with Gasteiger partial charge in [0.15, 0.2) is 6.29 Å². The highest BCUT2D eigenvalue weighted by molar-refractivity contribution is 5.97.